The second-order valence-corrected chi connectivity index (χ2v) is 9.76. The van der Waals surface area contributed by atoms with Crippen LogP contribution in [0.2, 0.25) is 13.1 Å². The van der Waals surface area contributed by atoms with E-state index in [9.17, 15) is 9.90 Å². The zero-order valence-corrected chi connectivity index (χ0v) is 14.0. The normalized spacial score (nSPS) is 13.7. The van der Waals surface area contributed by atoms with Gasteiger partial charge in [-0.2, -0.15) is 0 Å². The van der Waals surface area contributed by atoms with E-state index in [-0.39, 0.29) is 5.97 Å². The third-order valence-electron chi connectivity index (χ3n) is 3.17. The molecule has 4 heteroatoms. The number of hydrogen-bond donors (Lipinski definition) is 1. The molecule has 0 bridgehead atoms. The molecule has 0 saturated heterocycles. The van der Waals surface area contributed by atoms with Gasteiger partial charge in [0.15, 0.2) is 0 Å². The predicted molar refractivity (Wildman–Crippen MR) is 89.1 cm³/mol. The van der Waals surface area contributed by atoms with Crippen LogP contribution in [-0.4, -0.2) is 31.9 Å². The molecule has 0 aromatic heterocycles. The Morgan fingerprint density at radius 1 is 1.33 bits per heavy atom. The van der Waals surface area contributed by atoms with Gasteiger partial charge in [-0.25, -0.2) is 4.79 Å². The van der Waals surface area contributed by atoms with Crippen molar-refractivity contribution in [2.45, 2.75) is 32.5 Å². The molecule has 0 amide bonds. The zero-order chi connectivity index (χ0) is 15.7. The van der Waals surface area contributed by atoms with E-state index in [0.29, 0.717) is 13.0 Å². The van der Waals surface area contributed by atoms with E-state index in [1.807, 2.05) is 24.3 Å². The summed E-state index contributed by atoms with van der Waals surface area (Å²) in [6.07, 6.45) is 4.67. The monoisotopic (exact) mass is 304 g/mol. The summed E-state index contributed by atoms with van der Waals surface area (Å²) >= 11 is 0. The molecule has 0 saturated carbocycles. The smallest absolute Gasteiger partial charge is 0.330 e. The average molecular weight is 304 g/mol. The highest BCUT2D eigenvalue weighted by Crippen LogP contribution is 2.07. The zero-order valence-electron chi connectivity index (χ0n) is 13.0. The van der Waals surface area contributed by atoms with Gasteiger partial charge in [-0.3, -0.25) is 0 Å². The molecule has 0 aliphatic carbocycles. The summed E-state index contributed by atoms with van der Waals surface area (Å²) in [4.78, 5) is 11.1. The van der Waals surface area contributed by atoms with Crippen LogP contribution >= 0.6 is 0 Å². The average Bonchev–Trinajstić information content (AvgIpc) is 2.46. The number of rotatable bonds is 7. The van der Waals surface area contributed by atoms with E-state index < -0.39 is 14.2 Å². The van der Waals surface area contributed by atoms with Crippen LogP contribution in [0.3, 0.4) is 0 Å². The lowest BCUT2D eigenvalue weighted by Gasteiger charge is -2.18. The first-order valence-electron chi connectivity index (χ1n) is 7.22. The van der Waals surface area contributed by atoms with Crippen LogP contribution in [0.15, 0.2) is 54.3 Å². The molecule has 3 nitrogen and oxygen atoms in total. The summed E-state index contributed by atoms with van der Waals surface area (Å²) in [5.41, 5.74) is 2.13. The Kier molecular flexibility index (Phi) is 7.12. The minimum Gasteiger partial charge on any atom is -0.463 e. The molecule has 114 valence electrons. The molecule has 1 rings (SSSR count). The molecule has 0 unspecified atom stereocenters. The van der Waals surface area contributed by atoms with E-state index >= 15 is 0 Å². The largest absolute Gasteiger partial charge is 0.463 e. The standard InChI is InChI=1S/C17H24O3Si/c1-4-20-17(19)12-8-9-15(18)13-14-21(2,3)16-10-6-5-7-11-16/h5-8,10-15,18H,4,9H2,1-3H3/b12-8+,14-13+/t15-/m1/s1. The van der Waals surface area contributed by atoms with Crippen LogP contribution in [0.25, 0.3) is 0 Å². The van der Waals surface area contributed by atoms with Crippen molar-refractivity contribution >= 4 is 19.2 Å². The molecule has 0 radical (unpaired) electrons. The number of aliphatic hydroxyl groups excluding tert-OH is 1. The van der Waals surface area contributed by atoms with Crippen molar-refractivity contribution in [2.75, 3.05) is 6.61 Å². The molecule has 0 spiro atoms. The van der Waals surface area contributed by atoms with Crippen LogP contribution in [0.5, 0.6) is 0 Å². The van der Waals surface area contributed by atoms with Crippen LogP contribution in [0.4, 0.5) is 0 Å². The fourth-order valence-electron chi connectivity index (χ4n) is 1.89. The van der Waals surface area contributed by atoms with Crippen molar-refractivity contribution in [2.24, 2.45) is 0 Å². The van der Waals surface area contributed by atoms with E-state index in [4.69, 9.17) is 4.74 Å². The number of hydrogen-bond acceptors (Lipinski definition) is 3. The maximum atomic E-state index is 11.1. The summed E-state index contributed by atoms with van der Waals surface area (Å²) in [5.74, 6) is -0.368. The van der Waals surface area contributed by atoms with Gasteiger partial charge in [0.05, 0.1) is 12.7 Å². The minimum absolute atomic E-state index is 0.364. The van der Waals surface area contributed by atoms with Crippen molar-refractivity contribution in [1.29, 1.82) is 0 Å². The topological polar surface area (TPSA) is 46.5 Å². The van der Waals surface area contributed by atoms with Crippen molar-refractivity contribution < 1.29 is 14.6 Å². The lowest BCUT2D eigenvalue weighted by atomic mass is 10.2. The van der Waals surface area contributed by atoms with E-state index in [1.54, 1.807) is 13.0 Å². The Labute approximate surface area is 128 Å². The number of aliphatic hydroxyl groups is 1. The fraction of sp³-hybridized carbons (Fsp3) is 0.353. The minimum atomic E-state index is -1.67. The van der Waals surface area contributed by atoms with Gasteiger partial charge in [-0.05, 0) is 13.3 Å². The first-order chi connectivity index (χ1) is 9.95. The third kappa shape index (κ3) is 6.56. The van der Waals surface area contributed by atoms with Gasteiger partial charge >= 0.3 is 5.97 Å². The molecule has 1 atom stereocenters. The fourth-order valence-corrected chi connectivity index (χ4v) is 3.84. The molecule has 0 aliphatic heterocycles. The predicted octanol–water partition coefficient (Wildman–Crippen LogP) is 2.57. The Balaban J connectivity index is 2.54. The highest BCUT2D eigenvalue weighted by atomic mass is 28.3. The molecule has 1 aromatic rings. The lowest BCUT2D eigenvalue weighted by molar-refractivity contribution is -0.137. The van der Waals surface area contributed by atoms with Crippen LogP contribution in [0.1, 0.15) is 13.3 Å². The molecule has 0 fully saturated rings. The van der Waals surface area contributed by atoms with Gasteiger partial charge in [-0.1, -0.05) is 66.5 Å². The van der Waals surface area contributed by atoms with Gasteiger partial charge in [0, 0.05) is 6.08 Å². The first-order valence-corrected chi connectivity index (χ1v) is 10.3. The second kappa shape index (κ2) is 8.59. The van der Waals surface area contributed by atoms with Crippen LogP contribution in [0, 0.1) is 0 Å². The molecule has 1 aromatic carbocycles. The van der Waals surface area contributed by atoms with Crippen molar-refractivity contribution in [3.8, 4) is 0 Å². The summed E-state index contributed by atoms with van der Waals surface area (Å²) in [6, 6.07) is 10.3. The van der Waals surface area contributed by atoms with Gasteiger partial charge < -0.3 is 9.84 Å². The van der Waals surface area contributed by atoms with Crippen molar-refractivity contribution in [1.82, 2.24) is 0 Å². The molecule has 1 N–H and O–H groups in total. The van der Waals surface area contributed by atoms with Crippen molar-refractivity contribution in [3.63, 3.8) is 0 Å². The van der Waals surface area contributed by atoms with Crippen molar-refractivity contribution in [3.05, 3.63) is 54.3 Å². The molecule has 0 aliphatic rings. The molecule has 0 heterocycles. The number of ether oxygens (including phenoxy) is 1. The Hall–Kier alpha value is -1.65. The summed E-state index contributed by atoms with van der Waals surface area (Å²) < 4.78 is 4.78. The first kappa shape index (κ1) is 17.4. The van der Waals surface area contributed by atoms with Crippen LogP contribution < -0.4 is 5.19 Å². The maximum absolute atomic E-state index is 11.1. The summed E-state index contributed by atoms with van der Waals surface area (Å²) in [6.45, 7) is 6.60. The van der Waals surface area contributed by atoms with Gasteiger partial charge in [0.2, 0.25) is 0 Å². The summed E-state index contributed by atoms with van der Waals surface area (Å²) in [5, 5.41) is 11.3. The quantitative estimate of drug-likeness (QED) is 0.478. The second-order valence-electron chi connectivity index (χ2n) is 5.40. The summed E-state index contributed by atoms with van der Waals surface area (Å²) in [7, 11) is -1.67. The van der Waals surface area contributed by atoms with Gasteiger partial charge in [0.1, 0.15) is 8.07 Å². The Bertz CT molecular complexity index is 492. The third-order valence-corrected chi connectivity index (χ3v) is 6.02. The van der Waals surface area contributed by atoms with Crippen LogP contribution in [-0.2, 0) is 9.53 Å². The van der Waals surface area contributed by atoms with Gasteiger partial charge in [-0.15, -0.1) is 0 Å². The number of carbonyl (C=O) groups is 1. The Morgan fingerprint density at radius 3 is 2.62 bits per heavy atom. The van der Waals surface area contributed by atoms with E-state index in [1.165, 1.54) is 11.3 Å². The number of benzene rings is 1. The van der Waals surface area contributed by atoms with E-state index in [2.05, 4.69) is 30.9 Å². The molecular weight excluding hydrogens is 280 g/mol. The molecular formula is C17H24O3Si. The number of esters is 1. The molecule has 21 heavy (non-hydrogen) atoms. The maximum Gasteiger partial charge on any atom is 0.330 e. The highest BCUT2D eigenvalue weighted by molar-refractivity contribution is 6.93. The lowest BCUT2D eigenvalue weighted by Crippen LogP contribution is -2.39. The van der Waals surface area contributed by atoms with Gasteiger partial charge in [0.25, 0.3) is 0 Å². The SMILES string of the molecule is CCOC(=O)/C=C/C[C@@H](O)/C=C/[Si](C)(C)c1ccccc1. The highest BCUT2D eigenvalue weighted by Gasteiger charge is 2.19. The number of carbonyl (C=O) groups excluding carboxylic acids is 1. The Morgan fingerprint density at radius 2 is 2.00 bits per heavy atom. The van der Waals surface area contributed by atoms with E-state index in [0.717, 1.165) is 0 Å².